The van der Waals surface area contributed by atoms with E-state index >= 15 is 0 Å². The van der Waals surface area contributed by atoms with Crippen LogP contribution in [0.5, 0.6) is 11.6 Å². The summed E-state index contributed by atoms with van der Waals surface area (Å²) in [6.07, 6.45) is 2.23. The second-order valence-electron chi connectivity index (χ2n) is 6.65. The molecule has 2 heterocycles. The van der Waals surface area contributed by atoms with Crippen LogP contribution >= 0.6 is 0 Å². The molecule has 0 amide bonds. The average molecular weight is 393 g/mol. The largest absolute Gasteiger partial charge is 0.496 e. The van der Waals surface area contributed by atoms with E-state index in [1.54, 1.807) is 24.4 Å². The molecule has 1 atom stereocenters. The van der Waals surface area contributed by atoms with Gasteiger partial charge in [0.2, 0.25) is 5.88 Å². The molecular weight excluding hydrogens is 370 g/mol. The molecule has 0 saturated carbocycles. The smallest absolute Gasteiger partial charge is 0.334 e. The molecule has 3 rings (SSSR count). The van der Waals surface area contributed by atoms with Gasteiger partial charge in [0.15, 0.2) is 0 Å². The molecule has 0 aliphatic carbocycles. The van der Waals surface area contributed by atoms with Gasteiger partial charge < -0.3 is 19.9 Å². The molecule has 1 aliphatic heterocycles. The molecule has 2 aromatic rings. The molecule has 1 aliphatic rings. The molecule has 0 bridgehead atoms. The molecule has 0 fully saturated rings. The summed E-state index contributed by atoms with van der Waals surface area (Å²) in [7, 11) is 1.50. The Morgan fingerprint density at radius 2 is 2.14 bits per heavy atom. The van der Waals surface area contributed by atoms with Crippen molar-refractivity contribution < 1.29 is 19.4 Å². The Balaban J connectivity index is 2.39. The second-order valence-corrected chi connectivity index (χ2v) is 6.65. The first-order chi connectivity index (χ1) is 14.0. The first kappa shape index (κ1) is 20.2. The van der Waals surface area contributed by atoms with Crippen LogP contribution in [-0.2, 0) is 4.79 Å². The maximum Gasteiger partial charge on any atom is 0.334 e. The standard InChI is InChI=1S/C22H23N3O4/c1-5-15-18(22(26)27)17(14-8-7-13(10-23)9-16(14)28-4)19-20(25-15)12(3)11-24-21(19)29-6-2/h7-9,11,17,25H,5-6H2,1-4H3,(H,26,27). The van der Waals surface area contributed by atoms with Crippen molar-refractivity contribution in [3.05, 3.63) is 57.9 Å². The van der Waals surface area contributed by atoms with E-state index in [1.807, 2.05) is 20.8 Å². The number of pyridine rings is 1. The Hall–Kier alpha value is -3.53. The van der Waals surface area contributed by atoms with Crippen molar-refractivity contribution in [2.75, 3.05) is 19.0 Å². The number of nitriles is 1. The van der Waals surface area contributed by atoms with E-state index in [-0.39, 0.29) is 5.57 Å². The van der Waals surface area contributed by atoms with Gasteiger partial charge in [0, 0.05) is 17.5 Å². The summed E-state index contributed by atoms with van der Waals surface area (Å²) >= 11 is 0. The number of carbonyl (C=O) groups is 1. The Labute approximate surface area is 169 Å². The number of anilines is 1. The monoisotopic (exact) mass is 393 g/mol. The van der Waals surface area contributed by atoms with Crippen LogP contribution < -0.4 is 14.8 Å². The quantitative estimate of drug-likeness (QED) is 0.765. The molecule has 1 aromatic carbocycles. The van der Waals surface area contributed by atoms with Crippen molar-refractivity contribution >= 4 is 11.7 Å². The molecule has 7 heteroatoms. The fourth-order valence-corrected chi connectivity index (χ4v) is 3.69. The number of carboxylic acid groups (broad SMARTS) is 1. The minimum absolute atomic E-state index is 0.219. The van der Waals surface area contributed by atoms with Crippen molar-refractivity contribution in [2.24, 2.45) is 0 Å². The molecule has 0 saturated heterocycles. The van der Waals surface area contributed by atoms with Crippen LogP contribution in [0.4, 0.5) is 5.69 Å². The number of allylic oxidation sites excluding steroid dienone is 1. The fraction of sp³-hybridized carbons (Fsp3) is 0.318. The van der Waals surface area contributed by atoms with Crippen LogP contribution in [0.3, 0.4) is 0 Å². The lowest BCUT2D eigenvalue weighted by atomic mass is 9.79. The van der Waals surface area contributed by atoms with Gasteiger partial charge >= 0.3 is 5.97 Å². The van der Waals surface area contributed by atoms with Crippen molar-refractivity contribution in [1.29, 1.82) is 5.26 Å². The second kappa shape index (κ2) is 8.23. The van der Waals surface area contributed by atoms with Gasteiger partial charge in [0.1, 0.15) is 5.75 Å². The van der Waals surface area contributed by atoms with Gasteiger partial charge in [-0.15, -0.1) is 0 Å². The minimum Gasteiger partial charge on any atom is -0.496 e. The molecule has 150 valence electrons. The number of hydrogen-bond acceptors (Lipinski definition) is 6. The predicted octanol–water partition coefficient (Wildman–Crippen LogP) is 3.98. The summed E-state index contributed by atoms with van der Waals surface area (Å²) in [5.41, 5.74) is 4.26. The van der Waals surface area contributed by atoms with Gasteiger partial charge in [-0.25, -0.2) is 9.78 Å². The van der Waals surface area contributed by atoms with Gasteiger partial charge in [0.25, 0.3) is 0 Å². The van der Waals surface area contributed by atoms with Gasteiger partial charge in [-0.05, 0) is 38.0 Å². The summed E-state index contributed by atoms with van der Waals surface area (Å²) in [6, 6.07) is 7.11. The molecule has 2 N–H and O–H groups in total. The average Bonchev–Trinajstić information content (AvgIpc) is 2.73. The number of carboxylic acids is 1. The number of aromatic nitrogens is 1. The van der Waals surface area contributed by atoms with Crippen molar-refractivity contribution in [3.8, 4) is 17.7 Å². The number of benzene rings is 1. The highest BCUT2D eigenvalue weighted by atomic mass is 16.5. The Morgan fingerprint density at radius 1 is 1.38 bits per heavy atom. The lowest BCUT2D eigenvalue weighted by molar-refractivity contribution is -0.133. The van der Waals surface area contributed by atoms with Crippen molar-refractivity contribution in [2.45, 2.75) is 33.1 Å². The van der Waals surface area contributed by atoms with Crippen LogP contribution in [0.15, 0.2) is 35.7 Å². The third-order valence-electron chi connectivity index (χ3n) is 4.99. The van der Waals surface area contributed by atoms with Crippen LogP contribution in [-0.4, -0.2) is 29.8 Å². The van der Waals surface area contributed by atoms with E-state index in [0.29, 0.717) is 47.0 Å². The zero-order chi connectivity index (χ0) is 21.1. The van der Waals surface area contributed by atoms with E-state index in [1.165, 1.54) is 7.11 Å². The number of nitrogens with zero attached hydrogens (tertiary/aromatic N) is 2. The van der Waals surface area contributed by atoms with E-state index < -0.39 is 11.9 Å². The molecular formula is C22H23N3O4. The summed E-state index contributed by atoms with van der Waals surface area (Å²) in [6.45, 7) is 6.07. The lowest BCUT2D eigenvalue weighted by Gasteiger charge is -2.32. The predicted molar refractivity (Wildman–Crippen MR) is 108 cm³/mol. The molecule has 7 nitrogen and oxygen atoms in total. The van der Waals surface area contributed by atoms with Gasteiger partial charge in [-0.1, -0.05) is 13.0 Å². The highest BCUT2D eigenvalue weighted by molar-refractivity contribution is 5.94. The third kappa shape index (κ3) is 3.49. The minimum atomic E-state index is -1.03. The number of hydrogen-bond donors (Lipinski definition) is 2. The highest BCUT2D eigenvalue weighted by Gasteiger charge is 2.38. The van der Waals surface area contributed by atoms with Crippen molar-refractivity contribution in [3.63, 3.8) is 0 Å². The summed E-state index contributed by atoms with van der Waals surface area (Å²) < 4.78 is 11.3. The molecule has 0 spiro atoms. The summed E-state index contributed by atoms with van der Waals surface area (Å²) in [4.78, 5) is 16.8. The lowest BCUT2D eigenvalue weighted by Crippen LogP contribution is -2.25. The van der Waals surface area contributed by atoms with Crippen LogP contribution in [0, 0.1) is 18.3 Å². The Morgan fingerprint density at radius 3 is 2.72 bits per heavy atom. The Kier molecular flexibility index (Phi) is 5.74. The van der Waals surface area contributed by atoms with E-state index in [0.717, 1.165) is 11.3 Å². The summed E-state index contributed by atoms with van der Waals surface area (Å²) in [5.74, 6) is -0.860. The normalized spacial score (nSPS) is 15.2. The number of methoxy groups -OCH3 is 1. The number of nitrogens with one attached hydrogen (secondary N) is 1. The Bertz CT molecular complexity index is 1040. The zero-order valence-electron chi connectivity index (χ0n) is 16.9. The van der Waals surface area contributed by atoms with Crippen LogP contribution in [0.2, 0.25) is 0 Å². The van der Waals surface area contributed by atoms with Gasteiger partial charge in [0.05, 0.1) is 48.1 Å². The maximum absolute atomic E-state index is 12.3. The van der Waals surface area contributed by atoms with Crippen LogP contribution in [0.1, 0.15) is 48.4 Å². The van der Waals surface area contributed by atoms with E-state index in [2.05, 4.69) is 16.4 Å². The van der Waals surface area contributed by atoms with Crippen molar-refractivity contribution in [1.82, 2.24) is 4.98 Å². The number of ether oxygens (including phenoxy) is 2. The molecule has 1 unspecified atom stereocenters. The van der Waals surface area contributed by atoms with Crippen LogP contribution in [0.25, 0.3) is 0 Å². The first-order valence-electron chi connectivity index (χ1n) is 9.40. The number of aliphatic carboxylic acids is 1. The highest BCUT2D eigenvalue weighted by Crippen LogP contribution is 2.49. The number of fused-ring (bicyclic) bond motifs is 1. The summed E-state index contributed by atoms with van der Waals surface area (Å²) in [5, 5.41) is 22.6. The number of aryl methyl sites for hydroxylation is 1. The fourth-order valence-electron chi connectivity index (χ4n) is 3.69. The molecule has 0 radical (unpaired) electrons. The SMILES string of the molecule is CCOc1ncc(C)c2c1C(c1ccc(C#N)cc1OC)C(C(=O)O)=C(CC)N2. The molecule has 29 heavy (non-hydrogen) atoms. The maximum atomic E-state index is 12.3. The van der Waals surface area contributed by atoms with Gasteiger partial charge in [-0.2, -0.15) is 5.26 Å². The van der Waals surface area contributed by atoms with E-state index in [4.69, 9.17) is 9.47 Å². The van der Waals surface area contributed by atoms with Gasteiger partial charge in [-0.3, -0.25) is 0 Å². The first-order valence-corrected chi connectivity index (χ1v) is 9.40. The number of rotatable bonds is 6. The zero-order valence-corrected chi connectivity index (χ0v) is 16.9. The third-order valence-corrected chi connectivity index (χ3v) is 4.99. The van der Waals surface area contributed by atoms with E-state index in [9.17, 15) is 15.2 Å². The topological polar surface area (TPSA) is 104 Å². The molecule has 1 aromatic heterocycles.